The van der Waals surface area contributed by atoms with E-state index in [2.05, 4.69) is 5.32 Å². The maximum Gasteiger partial charge on any atom is 0.149 e. The van der Waals surface area contributed by atoms with Crippen LogP contribution >= 0.6 is 11.6 Å². The smallest absolute Gasteiger partial charge is 0.149 e. The van der Waals surface area contributed by atoms with Crippen molar-refractivity contribution in [1.29, 1.82) is 0 Å². The number of phenols is 1. The number of hydrogen-bond acceptors (Lipinski definition) is 2. The van der Waals surface area contributed by atoms with Crippen LogP contribution in [0.3, 0.4) is 0 Å². The van der Waals surface area contributed by atoms with Gasteiger partial charge in [0.15, 0.2) is 0 Å². The van der Waals surface area contributed by atoms with Gasteiger partial charge in [-0.05, 0) is 29.8 Å². The van der Waals surface area contributed by atoms with Crippen molar-refractivity contribution < 1.29 is 13.9 Å². The molecule has 2 N–H and O–H groups in total. The van der Waals surface area contributed by atoms with Crippen molar-refractivity contribution in [2.75, 3.05) is 5.32 Å². The Kier molecular flexibility index (Phi) is 3.67. The summed E-state index contributed by atoms with van der Waals surface area (Å²) in [6.07, 6.45) is 0. The molecule has 0 aromatic heterocycles. The predicted molar refractivity (Wildman–Crippen MR) is 66.8 cm³/mol. The van der Waals surface area contributed by atoms with E-state index in [0.29, 0.717) is 6.54 Å². The van der Waals surface area contributed by atoms with Crippen LogP contribution in [-0.2, 0) is 6.54 Å². The highest BCUT2D eigenvalue weighted by Crippen LogP contribution is 2.24. The van der Waals surface area contributed by atoms with Crippen LogP contribution in [-0.4, -0.2) is 5.11 Å². The highest BCUT2D eigenvalue weighted by molar-refractivity contribution is 6.32. The lowest BCUT2D eigenvalue weighted by Crippen LogP contribution is -2.01. The Labute approximate surface area is 108 Å². The van der Waals surface area contributed by atoms with E-state index in [4.69, 9.17) is 11.6 Å². The first-order valence-corrected chi connectivity index (χ1v) is 5.60. The summed E-state index contributed by atoms with van der Waals surface area (Å²) < 4.78 is 26.0. The van der Waals surface area contributed by atoms with Gasteiger partial charge in [-0.15, -0.1) is 0 Å². The topological polar surface area (TPSA) is 32.3 Å². The molecule has 0 aliphatic rings. The Morgan fingerprint density at radius 1 is 1.11 bits per heavy atom. The number of phenolic OH excluding ortho intramolecular Hbond substituents is 1. The summed E-state index contributed by atoms with van der Waals surface area (Å²) in [5, 5.41) is 12.3. The summed E-state index contributed by atoms with van der Waals surface area (Å²) in [6, 6.07) is 8.01. The SMILES string of the molecule is Oc1ccc(CNc2ccc(F)cc2F)cc1Cl. The lowest BCUT2D eigenvalue weighted by Gasteiger charge is -2.08. The average molecular weight is 270 g/mol. The Hall–Kier alpha value is -1.81. The summed E-state index contributed by atoms with van der Waals surface area (Å²) in [5.41, 5.74) is 0.988. The molecular formula is C13H10ClF2NO. The Balaban J connectivity index is 2.09. The third-order valence-electron chi connectivity index (χ3n) is 2.43. The monoisotopic (exact) mass is 269 g/mol. The average Bonchev–Trinajstić information content (AvgIpc) is 2.32. The first-order valence-electron chi connectivity index (χ1n) is 5.22. The Morgan fingerprint density at radius 3 is 2.56 bits per heavy atom. The van der Waals surface area contributed by atoms with E-state index in [1.165, 1.54) is 18.2 Å². The molecule has 2 aromatic rings. The van der Waals surface area contributed by atoms with Crippen molar-refractivity contribution in [2.45, 2.75) is 6.54 Å². The number of aromatic hydroxyl groups is 1. The molecule has 0 saturated heterocycles. The number of hydrogen-bond donors (Lipinski definition) is 2. The third kappa shape index (κ3) is 2.90. The third-order valence-corrected chi connectivity index (χ3v) is 2.73. The molecule has 0 fully saturated rings. The summed E-state index contributed by atoms with van der Waals surface area (Å²) in [4.78, 5) is 0. The minimum atomic E-state index is -0.653. The maximum absolute atomic E-state index is 13.3. The summed E-state index contributed by atoms with van der Waals surface area (Å²) in [5.74, 6) is -1.28. The van der Waals surface area contributed by atoms with Crippen LogP contribution in [0.4, 0.5) is 14.5 Å². The van der Waals surface area contributed by atoms with Gasteiger partial charge in [0.05, 0.1) is 10.7 Å². The van der Waals surface area contributed by atoms with Crippen LogP contribution < -0.4 is 5.32 Å². The first kappa shape index (κ1) is 12.6. The molecule has 2 rings (SSSR count). The number of anilines is 1. The molecule has 2 nitrogen and oxygen atoms in total. The standard InChI is InChI=1S/C13H10ClF2NO/c14-10-5-8(1-4-13(10)18)7-17-12-3-2-9(15)6-11(12)16/h1-6,17-18H,7H2. The molecule has 0 unspecified atom stereocenters. The quantitative estimate of drug-likeness (QED) is 0.885. The normalized spacial score (nSPS) is 10.4. The van der Waals surface area contributed by atoms with Crippen molar-refractivity contribution in [1.82, 2.24) is 0 Å². The van der Waals surface area contributed by atoms with Crippen molar-refractivity contribution in [3.63, 3.8) is 0 Å². The highest BCUT2D eigenvalue weighted by atomic mass is 35.5. The summed E-state index contributed by atoms with van der Waals surface area (Å²) in [7, 11) is 0. The zero-order chi connectivity index (χ0) is 13.1. The molecule has 0 atom stereocenters. The molecule has 0 amide bonds. The van der Waals surface area contributed by atoms with Gasteiger partial charge in [-0.3, -0.25) is 0 Å². The molecule has 0 aliphatic carbocycles. The van der Waals surface area contributed by atoms with Gasteiger partial charge < -0.3 is 10.4 Å². The van der Waals surface area contributed by atoms with Gasteiger partial charge in [-0.2, -0.15) is 0 Å². The fourth-order valence-corrected chi connectivity index (χ4v) is 1.69. The molecule has 2 aromatic carbocycles. The molecule has 0 heterocycles. The van der Waals surface area contributed by atoms with Gasteiger partial charge in [0.25, 0.3) is 0 Å². The van der Waals surface area contributed by atoms with Crippen LogP contribution in [0.15, 0.2) is 36.4 Å². The second-order valence-electron chi connectivity index (χ2n) is 3.76. The number of nitrogens with one attached hydrogen (secondary N) is 1. The Bertz CT molecular complexity index is 575. The van der Waals surface area contributed by atoms with E-state index in [9.17, 15) is 13.9 Å². The lowest BCUT2D eigenvalue weighted by molar-refractivity contribution is 0.475. The molecule has 5 heteroatoms. The van der Waals surface area contributed by atoms with Crippen LogP contribution in [0.1, 0.15) is 5.56 Å². The minimum absolute atomic E-state index is 0.00613. The van der Waals surface area contributed by atoms with Gasteiger partial charge in [0, 0.05) is 12.6 Å². The fraction of sp³-hybridized carbons (Fsp3) is 0.0769. The van der Waals surface area contributed by atoms with E-state index in [1.54, 1.807) is 12.1 Å². The largest absolute Gasteiger partial charge is 0.506 e. The lowest BCUT2D eigenvalue weighted by atomic mass is 10.2. The molecule has 0 spiro atoms. The second kappa shape index (κ2) is 5.23. The molecule has 0 radical (unpaired) electrons. The molecule has 0 saturated carbocycles. The van der Waals surface area contributed by atoms with Gasteiger partial charge >= 0.3 is 0 Å². The first-order chi connectivity index (χ1) is 8.56. The van der Waals surface area contributed by atoms with E-state index >= 15 is 0 Å². The second-order valence-corrected chi connectivity index (χ2v) is 4.17. The van der Waals surface area contributed by atoms with Crippen LogP contribution in [0.5, 0.6) is 5.75 Å². The molecule has 18 heavy (non-hydrogen) atoms. The van der Waals surface area contributed by atoms with Crippen LogP contribution in [0.25, 0.3) is 0 Å². The predicted octanol–water partition coefficient (Wildman–Crippen LogP) is 3.94. The zero-order valence-electron chi connectivity index (χ0n) is 9.25. The molecule has 0 aliphatic heterocycles. The van der Waals surface area contributed by atoms with E-state index in [-0.39, 0.29) is 16.5 Å². The van der Waals surface area contributed by atoms with Gasteiger partial charge in [-0.25, -0.2) is 8.78 Å². The zero-order valence-corrected chi connectivity index (χ0v) is 10.0. The van der Waals surface area contributed by atoms with Crippen molar-refractivity contribution in [3.05, 3.63) is 58.6 Å². The summed E-state index contributed by atoms with van der Waals surface area (Å²) in [6.45, 7) is 0.322. The Morgan fingerprint density at radius 2 is 1.89 bits per heavy atom. The van der Waals surface area contributed by atoms with E-state index in [1.807, 2.05) is 0 Å². The van der Waals surface area contributed by atoms with E-state index < -0.39 is 11.6 Å². The van der Waals surface area contributed by atoms with Crippen molar-refractivity contribution >= 4 is 17.3 Å². The highest BCUT2D eigenvalue weighted by Gasteiger charge is 2.04. The van der Waals surface area contributed by atoms with Gasteiger partial charge in [-0.1, -0.05) is 17.7 Å². The van der Waals surface area contributed by atoms with E-state index in [0.717, 1.165) is 11.6 Å². The minimum Gasteiger partial charge on any atom is -0.506 e. The number of rotatable bonds is 3. The van der Waals surface area contributed by atoms with Crippen LogP contribution in [0.2, 0.25) is 5.02 Å². The number of benzene rings is 2. The maximum atomic E-state index is 13.3. The van der Waals surface area contributed by atoms with Gasteiger partial charge in [0.2, 0.25) is 0 Å². The molecule has 94 valence electrons. The van der Waals surface area contributed by atoms with Gasteiger partial charge in [0.1, 0.15) is 17.4 Å². The van der Waals surface area contributed by atoms with Crippen molar-refractivity contribution in [3.8, 4) is 5.75 Å². The van der Waals surface area contributed by atoms with Crippen molar-refractivity contribution in [2.24, 2.45) is 0 Å². The molecule has 0 bridgehead atoms. The number of halogens is 3. The van der Waals surface area contributed by atoms with Crippen LogP contribution in [0, 0.1) is 11.6 Å². The summed E-state index contributed by atoms with van der Waals surface area (Å²) >= 11 is 5.75. The molecular weight excluding hydrogens is 260 g/mol. The fourth-order valence-electron chi connectivity index (χ4n) is 1.49.